The van der Waals surface area contributed by atoms with Crippen LogP contribution in [-0.4, -0.2) is 25.5 Å². The first-order chi connectivity index (χ1) is 13.7. The number of esters is 1. The highest BCUT2D eigenvalue weighted by molar-refractivity contribution is 7.80. The molecule has 1 amide bonds. The Morgan fingerprint density at radius 2 is 1.46 bits per heavy atom. The van der Waals surface area contributed by atoms with E-state index in [4.69, 9.17) is 4.74 Å². The van der Waals surface area contributed by atoms with Crippen molar-refractivity contribution in [3.63, 3.8) is 0 Å². The highest BCUT2D eigenvalue weighted by Crippen LogP contribution is 2.34. The van der Waals surface area contributed by atoms with E-state index in [2.05, 4.69) is 29.6 Å². The Morgan fingerprint density at radius 3 is 1.96 bits per heavy atom. The van der Waals surface area contributed by atoms with Gasteiger partial charge in [0.25, 0.3) is 5.91 Å². The number of ether oxygens (including phenoxy) is 1. The summed E-state index contributed by atoms with van der Waals surface area (Å²) in [7, 11) is 0.336. The van der Waals surface area contributed by atoms with Gasteiger partial charge < -0.3 is 10.1 Å². The van der Waals surface area contributed by atoms with Crippen molar-refractivity contribution in [1.82, 2.24) is 5.32 Å². The Balaban J connectivity index is 2.23. The van der Waals surface area contributed by atoms with Crippen molar-refractivity contribution in [2.45, 2.75) is 6.92 Å². The van der Waals surface area contributed by atoms with Gasteiger partial charge in [0.15, 0.2) is 0 Å². The van der Waals surface area contributed by atoms with Crippen LogP contribution in [0.15, 0.2) is 78.9 Å². The number of methoxy groups -OCH3 is 1. The van der Waals surface area contributed by atoms with Gasteiger partial charge in [-0.1, -0.05) is 60.7 Å². The van der Waals surface area contributed by atoms with Crippen LogP contribution in [0.3, 0.4) is 0 Å². The summed E-state index contributed by atoms with van der Waals surface area (Å²) in [5.41, 5.74) is 1.01. The van der Waals surface area contributed by atoms with Crippen LogP contribution < -0.4 is 21.2 Å². The summed E-state index contributed by atoms with van der Waals surface area (Å²) in [6, 6.07) is 25.3. The second kappa shape index (κ2) is 9.29. The molecule has 3 aromatic carbocycles. The van der Waals surface area contributed by atoms with E-state index in [1.165, 1.54) is 7.11 Å². The van der Waals surface area contributed by atoms with Gasteiger partial charge in [-0.3, -0.25) is 4.79 Å². The van der Waals surface area contributed by atoms with Gasteiger partial charge in [0.05, 0.1) is 12.7 Å². The largest absolute Gasteiger partial charge is 0.465 e. The number of nitrogens with one attached hydrogen (secondary N) is 1. The fraction of sp³-hybridized carbons (Fsp3) is 0.130. The Morgan fingerprint density at radius 1 is 0.893 bits per heavy atom. The lowest BCUT2D eigenvalue weighted by Crippen LogP contribution is -2.28. The zero-order valence-electron chi connectivity index (χ0n) is 15.9. The summed E-state index contributed by atoms with van der Waals surface area (Å²) in [5.74, 6) is -0.562. The first-order valence-corrected chi connectivity index (χ1v) is 10.4. The highest BCUT2D eigenvalue weighted by Gasteiger charge is 2.24. The minimum Gasteiger partial charge on any atom is -0.465 e. The number of rotatable bonds is 6. The number of carbonyl (C=O) groups excluding carboxylic acids is 2. The zero-order valence-corrected chi connectivity index (χ0v) is 16.8. The van der Waals surface area contributed by atoms with Gasteiger partial charge in [0.1, 0.15) is 0 Å². The molecule has 0 aliphatic carbocycles. The summed E-state index contributed by atoms with van der Waals surface area (Å²) in [6.07, 6.45) is 0. The molecule has 0 radical (unpaired) electrons. The molecule has 3 aromatic rings. The topological polar surface area (TPSA) is 55.4 Å². The van der Waals surface area contributed by atoms with Crippen molar-refractivity contribution in [2.75, 3.05) is 13.7 Å². The molecule has 0 aliphatic rings. The van der Waals surface area contributed by atoms with Crippen molar-refractivity contribution in [3.05, 3.63) is 90.0 Å². The standard InChI is InChI=1S/C23H22NO3P/c1-3-24-22(25)17-14-15-20(23(26)27-2)21(16-17)28(18-10-6-4-7-11-18)19-12-8-5-9-13-19/h4-16H,3H2,1-2H3,(H,24,25). The van der Waals surface area contributed by atoms with Crippen LogP contribution in [0.5, 0.6) is 0 Å². The van der Waals surface area contributed by atoms with Crippen LogP contribution in [0.4, 0.5) is 0 Å². The minimum atomic E-state index is -1.04. The van der Waals surface area contributed by atoms with Crippen LogP contribution in [-0.2, 0) is 4.74 Å². The Hall–Kier alpha value is -2.97. The van der Waals surface area contributed by atoms with Crippen molar-refractivity contribution in [1.29, 1.82) is 0 Å². The molecule has 1 N–H and O–H groups in total. The van der Waals surface area contributed by atoms with Crippen molar-refractivity contribution in [3.8, 4) is 0 Å². The molecule has 0 atom stereocenters. The van der Waals surface area contributed by atoms with Crippen LogP contribution in [0.1, 0.15) is 27.6 Å². The lowest BCUT2D eigenvalue weighted by Gasteiger charge is -2.22. The zero-order chi connectivity index (χ0) is 19.9. The van der Waals surface area contributed by atoms with Gasteiger partial charge >= 0.3 is 5.97 Å². The van der Waals surface area contributed by atoms with Gasteiger partial charge in [-0.2, -0.15) is 0 Å². The summed E-state index contributed by atoms with van der Waals surface area (Å²) in [4.78, 5) is 24.9. The Bertz CT molecular complexity index is 919. The Kier molecular flexibility index (Phi) is 6.57. The van der Waals surface area contributed by atoms with E-state index in [0.29, 0.717) is 17.7 Å². The van der Waals surface area contributed by atoms with Gasteiger partial charge in [0.2, 0.25) is 0 Å². The van der Waals surface area contributed by atoms with Gasteiger partial charge in [-0.15, -0.1) is 0 Å². The van der Waals surface area contributed by atoms with Crippen LogP contribution >= 0.6 is 7.92 Å². The smallest absolute Gasteiger partial charge is 0.338 e. The summed E-state index contributed by atoms with van der Waals surface area (Å²) in [6.45, 7) is 2.42. The maximum atomic E-state index is 12.5. The average Bonchev–Trinajstić information content (AvgIpc) is 2.75. The predicted molar refractivity (Wildman–Crippen MR) is 114 cm³/mol. The third kappa shape index (κ3) is 4.29. The van der Waals surface area contributed by atoms with E-state index in [9.17, 15) is 9.59 Å². The molecule has 4 nitrogen and oxygen atoms in total. The SMILES string of the molecule is CCNC(=O)c1ccc(C(=O)OC)c(P(c2ccccc2)c2ccccc2)c1. The molecular formula is C23H22NO3P. The molecule has 3 rings (SSSR count). The molecule has 142 valence electrons. The average molecular weight is 391 g/mol. The lowest BCUT2D eigenvalue weighted by molar-refractivity contribution is 0.0602. The normalized spacial score (nSPS) is 10.5. The maximum Gasteiger partial charge on any atom is 0.338 e. The van der Waals surface area contributed by atoms with Crippen molar-refractivity contribution < 1.29 is 14.3 Å². The summed E-state index contributed by atoms with van der Waals surface area (Å²) in [5, 5.41) is 5.83. The molecule has 0 saturated carbocycles. The number of hydrogen-bond donors (Lipinski definition) is 1. The molecule has 0 saturated heterocycles. The lowest BCUT2D eigenvalue weighted by atomic mass is 10.1. The van der Waals surface area contributed by atoms with Gasteiger partial charge in [0, 0.05) is 17.4 Å². The van der Waals surface area contributed by atoms with E-state index in [1.807, 2.05) is 49.4 Å². The number of carbonyl (C=O) groups is 2. The first kappa shape index (κ1) is 19.8. The third-order valence-electron chi connectivity index (χ3n) is 4.27. The van der Waals surface area contributed by atoms with Crippen LogP contribution in [0, 0.1) is 0 Å². The van der Waals surface area contributed by atoms with E-state index >= 15 is 0 Å². The fourth-order valence-corrected chi connectivity index (χ4v) is 5.45. The second-order valence-corrected chi connectivity index (χ2v) is 8.27. The number of benzene rings is 3. The van der Waals surface area contributed by atoms with Gasteiger partial charge in [-0.05, 0) is 43.7 Å². The third-order valence-corrected chi connectivity index (χ3v) is 6.75. The second-order valence-electron chi connectivity index (χ2n) is 6.09. The molecule has 0 bridgehead atoms. The van der Waals surface area contributed by atoms with E-state index in [1.54, 1.807) is 12.1 Å². The van der Waals surface area contributed by atoms with Crippen molar-refractivity contribution >= 4 is 35.7 Å². The molecule has 0 unspecified atom stereocenters. The number of hydrogen-bond acceptors (Lipinski definition) is 3. The monoisotopic (exact) mass is 391 g/mol. The fourth-order valence-electron chi connectivity index (χ4n) is 2.98. The predicted octanol–water partition coefficient (Wildman–Crippen LogP) is 2.98. The Labute approximate surface area is 166 Å². The number of amides is 1. The summed E-state index contributed by atoms with van der Waals surface area (Å²) < 4.78 is 5.02. The quantitative estimate of drug-likeness (QED) is 0.519. The van der Waals surface area contributed by atoms with Crippen LogP contribution in [0.25, 0.3) is 0 Å². The molecule has 28 heavy (non-hydrogen) atoms. The first-order valence-electron chi connectivity index (χ1n) is 9.06. The molecule has 0 fully saturated rings. The van der Waals surface area contributed by atoms with Crippen molar-refractivity contribution in [2.24, 2.45) is 0 Å². The summed E-state index contributed by atoms with van der Waals surface area (Å²) >= 11 is 0. The molecular weight excluding hydrogens is 369 g/mol. The molecule has 5 heteroatoms. The molecule has 0 spiro atoms. The van der Waals surface area contributed by atoms with Gasteiger partial charge in [-0.25, -0.2) is 4.79 Å². The molecule has 0 aromatic heterocycles. The van der Waals surface area contributed by atoms with E-state index in [0.717, 1.165) is 15.9 Å². The molecule has 0 aliphatic heterocycles. The molecule has 0 heterocycles. The van der Waals surface area contributed by atoms with Crippen LogP contribution in [0.2, 0.25) is 0 Å². The van der Waals surface area contributed by atoms with E-state index < -0.39 is 13.9 Å². The minimum absolute atomic E-state index is 0.156. The van der Waals surface area contributed by atoms with E-state index in [-0.39, 0.29) is 5.91 Å². The highest BCUT2D eigenvalue weighted by atomic mass is 31.1. The maximum absolute atomic E-state index is 12.5.